The summed E-state index contributed by atoms with van der Waals surface area (Å²) < 4.78 is 26.0. The van der Waals surface area contributed by atoms with Crippen molar-refractivity contribution in [3.63, 3.8) is 0 Å². The van der Waals surface area contributed by atoms with Crippen LogP contribution in [0.2, 0.25) is 0 Å². The third-order valence-electron chi connectivity index (χ3n) is 3.75. The van der Waals surface area contributed by atoms with Crippen LogP contribution in [0.25, 0.3) is 0 Å². The van der Waals surface area contributed by atoms with Gasteiger partial charge in [0.05, 0.1) is 6.07 Å². The van der Waals surface area contributed by atoms with Crippen LogP contribution in [0.5, 0.6) is 0 Å². The lowest BCUT2D eigenvalue weighted by Crippen LogP contribution is -2.41. The predicted molar refractivity (Wildman–Crippen MR) is 57.3 cm³/mol. The predicted octanol–water partition coefficient (Wildman–Crippen LogP) is 2.33. The molecule has 94 valence electrons. The highest BCUT2D eigenvalue weighted by Gasteiger charge is 2.40. The highest BCUT2D eigenvalue weighted by molar-refractivity contribution is 5.80. The summed E-state index contributed by atoms with van der Waals surface area (Å²) in [5.74, 6) is -3.00. The number of nitriles is 1. The minimum absolute atomic E-state index is 0.0930. The van der Waals surface area contributed by atoms with Crippen LogP contribution in [0.15, 0.2) is 0 Å². The lowest BCUT2D eigenvalue weighted by atomic mass is 9.86. The van der Waals surface area contributed by atoms with E-state index in [0.29, 0.717) is 13.0 Å². The van der Waals surface area contributed by atoms with Crippen molar-refractivity contribution in [2.24, 2.45) is 5.92 Å². The largest absolute Gasteiger partial charge is 0.326 e. The first-order valence-corrected chi connectivity index (χ1v) is 6.11. The average molecular weight is 242 g/mol. The smallest absolute Gasteiger partial charge is 0.248 e. The summed E-state index contributed by atoms with van der Waals surface area (Å²) in [7, 11) is 0. The van der Waals surface area contributed by atoms with E-state index in [1.54, 1.807) is 4.90 Å². The average Bonchev–Trinajstić information content (AvgIpc) is 2.76. The number of hydrogen-bond donors (Lipinski definition) is 0. The Morgan fingerprint density at radius 3 is 2.53 bits per heavy atom. The summed E-state index contributed by atoms with van der Waals surface area (Å²) in [6, 6.07) is 1.76. The Bertz CT molecular complexity index is 341. The van der Waals surface area contributed by atoms with Crippen molar-refractivity contribution in [2.75, 3.05) is 6.54 Å². The van der Waals surface area contributed by atoms with Crippen LogP contribution in [0, 0.1) is 17.2 Å². The van der Waals surface area contributed by atoms with Crippen molar-refractivity contribution in [1.29, 1.82) is 5.26 Å². The van der Waals surface area contributed by atoms with Crippen molar-refractivity contribution in [3.8, 4) is 6.07 Å². The van der Waals surface area contributed by atoms with Gasteiger partial charge in [0.1, 0.15) is 6.04 Å². The maximum Gasteiger partial charge on any atom is 0.248 e. The summed E-state index contributed by atoms with van der Waals surface area (Å²) in [6.45, 7) is 0.601. The van der Waals surface area contributed by atoms with E-state index >= 15 is 0 Å². The van der Waals surface area contributed by atoms with Crippen molar-refractivity contribution in [3.05, 3.63) is 0 Å². The van der Waals surface area contributed by atoms with Crippen LogP contribution in [0.3, 0.4) is 0 Å². The van der Waals surface area contributed by atoms with E-state index in [4.69, 9.17) is 5.26 Å². The van der Waals surface area contributed by atoms with Crippen molar-refractivity contribution in [2.45, 2.75) is 50.5 Å². The van der Waals surface area contributed by atoms with Crippen LogP contribution in [0.4, 0.5) is 8.78 Å². The Morgan fingerprint density at radius 2 is 1.94 bits per heavy atom. The van der Waals surface area contributed by atoms with Gasteiger partial charge in [0.25, 0.3) is 0 Å². The maximum absolute atomic E-state index is 13.0. The molecule has 17 heavy (non-hydrogen) atoms. The van der Waals surface area contributed by atoms with Crippen LogP contribution >= 0.6 is 0 Å². The first kappa shape index (κ1) is 12.3. The van der Waals surface area contributed by atoms with Crippen LogP contribution in [0.1, 0.15) is 38.5 Å². The summed E-state index contributed by atoms with van der Waals surface area (Å²) in [5, 5.41) is 8.90. The summed E-state index contributed by atoms with van der Waals surface area (Å²) in [4.78, 5) is 13.7. The molecule has 1 saturated carbocycles. The number of nitrogens with zero attached hydrogens (tertiary/aromatic N) is 2. The minimum atomic E-state index is -2.60. The quantitative estimate of drug-likeness (QED) is 0.708. The third kappa shape index (κ3) is 2.56. The van der Waals surface area contributed by atoms with E-state index in [-0.39, 0.29) is 43.6 Å². The molecule has 0 aromatic heterocycles. The molecule has 1 unspecified atom stereocenters. The monoisotopic (exact) mass is 242 g/mol. The molecule has 2 aliphatic rings. The Balaban J connectivity index is 1.95. The third-order valence-corrected chi connectivity index (χ3v) is 3.75. The molecule has 1 aliphatic heterocycles. The van der Waals surface area contributed by atoms with Gasteiger partial charge in [-0.05, 0) is 25.7 Å². The summed E-state index contributed by atoms with van der Waals surface area (Å²) in [5.41, 5.74) is 0. The molecule has 0 aromatic carbocycles. The lowest BCUT2D eigenvalue weighted by molar-refractivity contribution is -0.139. The van der Waals surface area contributed by atoms with Crippen LogP contribution in [-0.2, 0) is 4.79 Å². The molecule has 1 aliphatic carbocycles. The lowest BCUT2D eigenvalue weighted by Gasteiger charge is -2.31. The molecule has 0 spiro atoms. The zero-order chi connectivity index (χ0) is 12.5. The first-order valence-electron chi connectivity index (χ1n) is 6.11. The maximum atomic E-state index is 13.0. The normalized spacial score (nSPS) is 29.0. The molecule has 5 heteroatoms. The fourth-order valence-electron chi connectivity index (χ4n) is 2.69. The molecule has 0 N–H and O–H groups in total. The highest BCUT2D eigenvalue weighted by atomic mass is 19.3. The van der Waals surface area contributed by atoms with Gasteiger partial charge in [-0.15, -0.1) is 0 Å². The molecule has 0 bridgehead atoms. The standard InChI is InChI=1S/C12H16F2N2O/c13-12(14)5-3-9(4-6-12)11(17)16-7-1-2-10(16)8-15/h9-10H,1-7H2. The summed E-state index contributed by atoms with van der Waals surface area (Å²) in [6.07, 6.45) is 1.65. The zero-order valence-electron chi connectivity index (χ0n) is 9.66. The second kappa shape index (κ2) is 4.59. The van der Waals surface area contributed by atoms with Crippen molar-refractivity contribution in [1.82, 2.24) is 4.90 Å². The number of hydrogen-bond acceptors (Lipinski definition) is 2. The van der Waals surface area contributed by atoms with Gasteiger partial charge in [-0.25, -0.2) is 8.78 Å². The summed E-state index contributed by atoms with van der Waals surface area (Å²) >= 11 is 0. The topological polar surface area (TPSA) is 44.1 Å². The first-order chi connectivity index (χ1) is 8.03. The number of amides is 1. The van der Waals surface area contributed by atoms with Gasteiger partial charge >= 0.3 is 0 Å². The van der Waals surface area contributed by atoms with Crippen LogP contribution < -0.4 is 0 Å². The molecule has 2 rings (SSSR count). The fraction of sp³-hybridized carbons (Fsp3) is 0.833. The number of halogens is 2. The molecule has 3 nitrogen and oxygen atoms in total. The number of likely N-dealkylation sites (tertiary alicyclic amines) is 1. The molecule has 1 heterocycles. The van der Waals surface area contributed by atoms with E-state index < -0.39 is 5.92 Å². The molecule has 0 radical (unpaired) electrons. The number of carbonyl (C=O) groups excluding carboxylic acids is 1. The number of rotatable bonds is 1. The Morgan fingerprint density at radius 1 is 1.29 bits per heavy atom. The molecular weight excluding hydrogens is 226 g/mol. The van der Waals surface area contributed by atoms with E-state index in [2.05, 4.69) is 6.07 Å². The van der Waals surface area contributed by atoms with Gasteiger partial charge in [-0.3, -0.25) is 4.79 Å². The molecule has 0 aromatic rings. The van der Waals surface area contributed by atoms with Gasteiger partial charge in [0, 0.05) is 25.3 Å². The van der Waals surface area contributed by atoms with E-state index in [1.165, 1.54) is 0 Å². The molecule has 1 amide bonds. The van der Waals surface area contributed by atoms with Gasteiger partial charge in [0.2, 0.25) is 11.8 Å². The number of alkyl halides is 2. The van der Waals surface area contributed by atoms with Gasteiger partial charge < -0.3 is 4.90 Å². The van der Waals surface area contributed by atoms with E-state index in [1.807, 2.05) is 0 Å². The number of carbonyl (C=O) groups is 1. The SMILES string of the molecule is N#CC1CCCN1C(=O)C1CCC(F)(F)CC1. The fourth-order valence-corrected chi connectivity index (χ4v) is 2.69. The van der Waals surface area contributed by atoms with E-state index in [9.17, 15) is 13.6 Å². The second-order valence-corrected chi connectivity index (χ2v) is 4.95. The molecule has 2 fully saturated rings. The molecular formula is C12H16F2N2O. The Labute approximate surface area is 99.4 Å². The van der Waals surface area contributed by atoms with Crippen LogP contribution in [-0.4, -0.2) is 29.3 Å². The van der Waals surface area contributed by atoms with Gasteiger partial charge in [0.15, 0.2) is 0 Å². The van der Waals surface area contributed by atoms with Crippen molar-refractivity contribution < 1.29 is 13.6 Å². The zero-order valence-corrected chi connectivity index (χ0v) is 9.66. The highest BCUT2D eigenvalue weighted by Crippen LogP contribution is 2.37. The van der Waals surface area contributed by atoms with Gasteiger partial charge in [-0.2, -0.15) is 5.26 Å². The molecule has 1 saturated heterocycles. The minimum Gasteiger partial charge on any atom is -0.326 e. The van der Waals surface area contributed by atoms with E-state index in [0.717, 1.165) is 6.42 Å². The second-order valence-electron chi connectivity index (χ2n) is 4.95. The Hall–Kier alpha value is -1.18. The molecule has 1 atom stereocenters. The Kier molecular flexibility index (Phi) is 3.32. The van der Waals surface area contributed by atoms with Crippen molar-refractivity contribution >= 4 is 5.91 Å². The van der Waals surface area contributed by atoms with Gasteiger partial charge in [-0.1, -0.05) is 0 Å².